The molecule has 0 aliphatic carbocycles. The summed E-state index contributed by atoms with van der Waals surface area (Å²) in [6.45, 7) is 1.13. The Morgan fingerprint density at radius 2 is 1.65 bits per heavy atom. The molecule has 26 heavy (non-hydrogen) atoms. The number of nitrogens with two attached hydrogens (primary N) is 1. The predicted molar refractivity (Wildman–Crippen MR) is 85.5 cm³/mol. The summed E-state index contributed by atoms with van der Waals surface area (Å²) in [6.07, 6.45) is 0.736. The maximum Gasteiger partial charge on any atom is 0.333 e. The topological polar surface area (TPSA) is 165 Å². The van der Waals surface area contributed by atoms with Gasteiger partial charge in [-0.2, -0.15) is 0 Å². The average molecular weight is 370 g/mol. The highest BCUT2D eigenvalue weighted by molar-refractivity contribution is 6.01. The largest absolute Gasteiger partial charge is 0.368 e. The minimum atomic E-state index is -0.834. The van der Waals surface area contributed by atoms with Crippen molar-refractivity contribution < 1.29 is 33.6 Å². The maximum absolute atomic E-state index is 11.6. The molecule has 0 aromatic rings. The van der Waals surface area contributed by atoms with Crippen molar-refractivity contribution in [1.29, 1.82) is 0 Å². The summed E-state index contributed by atoms with van der Waals surface area (Å²) < 4.78 is 0. The summed E-state index contributed by atoms with van der Waals surface area (Å²) in [6, 6.07) is -0.834. The summed E-state index contributed by atoms with van der Waals surface area (Å²) in [5.74, 6) is -3.46. The fourth-order valence-electron chi connectivity index (χ4n) is 1.99. The van der Waals surface area contributed by atoms with Crippen molar-refractivity contribution in [3.8, 4) is 0 Å². The van der Waals surface area contributed by atoms with Crippen LogP contribution in [-0.4, -0.2) is 53.2 Å². The first kappa shape index (κ1) is 21.1. The Labute approximate surface area is 149 Å². The fourth-order valence-corrected chi connectivity index (χ4v) is 1.99. The molecule has 1 rings (SSSR count). The van der Waals surface area contributed by atoms with Gasteiger partial charge in [-0.1, -0.05) is 0 Å². The minimum Gasteiger partial charge on any atom is -0.368 e. The van der Waals surface area contributed by atoms with Gasteiger partial charge in [0.1, 0.15) is 6.04 Å². The second-order valence-corrected chi connectivity index (χ2v) is 5.72. The molecule has 0 saturated carbocycles. The smallest absolute Gasteiger partial charge is 0.333 e. The normalized spacial score (nSPS) is 14.7. The third kappa shape index (κ3) is 7.28. The van der Waals surface area contributed by atoms with Gasteiger partial charge in [-0.25, -0.2) is 4.79 Å². The molecule has 1 saturated heterocycles. The number of amides is 5. The third-order valence-corrected chi connectivity index (χ3v) is 3.48. The van der Waals surface area contributed by atoms with Gasteiger partial charge in [0.25, 0.3) is 11.8 Å². The SMILES string of the molecule is CC(NC(=O)CNC(=O)CCCCC(=O)ON1C(=O)CCC1=O)C(N)=O. The molecule has 1 fully saturated rings. The lowest BCUT2D eigenvalue weighted by Gasteiger charge is -2.12. The Hall–Kier alpha value is -2.98. The van der Waals surface area contributed by atoms with Gasteiger partial charge in [-0.3, -0.25) is 24.0 Å². The quantitative estimate of drug-likeness (QED) is 0.303. The molecule has 5 amide bonds. The molecule has 0 spiro atoms. The summed E-state index contributed by atoms with van der Waals surface area (Å²) in [4.78, 5) is 72.6. The molecule has 1 atom stereocenters. The van der Waals surface area contributed by atoms with Crippen LogP contribution in [0.2, 0.25) is 0 Å². The monoisotopic (exact) mass is 370 g/mol. The number of imide groups is 1. The summed E-state index contributed by atoms with van der Waals surface area (Å²) in [5.41, 5.74) is 4.99. The zero-order valence-electron chi connectivity index (χ0n) is 14.4. The van der Waals surface area contributed by atoms with E-state index in [2.05, 4.69) is 15.5 Å². The number of nitrogens with one attached hydrogen (secondary N) is 2. The van der Waals surface area contributed by atoms with Gasteiger partial charge in [0.2, 0.25) is 17.7 Å². The summed E-state index contributed by atoms with van der Waals surface area (Å²) >= 11 is 0. The van der Waals surface area contributed by atoms with E-state index in [9.17, 15) is 28.8 Å². The average Bonchev–Trinajstić information content (AvgIpc) is 2.88. The van der Waals surface area contributed by atoms with Crippen LogP contribution in [0.1, 0.15) is 45.4 Å². The van der Waals surface area contributed by atoms with Crippen molar-refractivity contribution >= 4 is 35.5 Å². The van der Waals surface area contributed by atoms with Gasteiger partial charge in [-0.05, 0) is 19.8 Å². The molecule has 11 heteroatoms. The Morgan fingerprint density at radius 3 is 2.23 bits per heavy atom. The molecule has 11 nitrogen and oxygen atoms in total. The molecule has 144 valence electrons. The molecule has 0 radical (unpaired) electrons. The van der Waals surface area contributed by atoms with Crippen molar-refractivity contribution in [3.63, 3.8) is 0 Å². The number of unbranched alkanes of at least 4 members (excludes halogenated alkanes) is 1. The first-order valence-electron chi connectivity index (χ1n) is 8.12. The van der Waals surface area contributed by atoms with Crippen LogP contribution in [0.3, 0.4) is 0 Å². The van der Waals surface area contributed by atoms with E-state index in [-0.39, 0.29) is 32.2 Å². The van der Waals surface area contributed by atoms with Crippen molar-refractivity contribution in [2.75, 3.05) is 6.54 Å². The molecule has 0 aromatic carbocycles. The van der Waals surface area contributed by atoms with Crippen molar-refractivity contribution in [2.24, 2.45) is 5.73 Å². The number of hydroxylamine groups is 2. The second kappa shape index (κ2) is 10.1. The van der Waals surface area contributed by atoms with Crippen LogP contribution >= 0.6 is 0 Å². The van der Waals surface area contributed by atoms with E-state index in [1.807, 2.05) is 0 Å². The van der Waals surface area contributed by atoms with E-state index < -0.39 is 41.5 Å². The molecule has 0 aromatic heterocycles. The van der Waals surface area contributed by atoms with Crippen molar-refractivity contribution in [1.82, 2.24) is 15.7 Å². The molecule has 1 unspecified atom stereocenters. The van der Waals surface area contributed by atoms with Gasteiger partial charge in [0, 0.05) is 25.7 Å². The summed E-state index contributed by atoms with van der Waals surface area (Å²) in [5, 5.41) is 5.15. The van der Waals surface area contributed by atoms with Crippen LogP contribution in [0.4, 0.5) is 0 Å². The van der Waals surface area contributed by atoms with Gasteiger partial charge >= 0.3 is 5.97 Å². The minimum absolute atomic E-state index is 0.0259. The van der Waals surface area contributed by atoms with Gasteiger partial charge in [0.15, 0.2) is 0 Å². The predicted octanol–water partition coefficient (Wildman–Crippen LogP) is -1.74. The zero-order valence-corrected chi connectivity index (χ0v) is 14.4. The molecule has 1 aliphatic rings. The summed E-state index contributed by atoms with van der Waals surface area (Å²) in [7, 11) is 0. The van der Waals surface area contributed by atoms with Crippen molar-refractivity contribution in [2.45, 2.75) is 51.5 Å². The molecule has 4 N–H and O–H groups in total. The lowest BCUT2D eigenvalue weighted by Crippen LogP contribution is -2.46. The number of carbonyl (C=O) groups excluding carboxylic acids is 6. The Bertz CT molecular complexity index is 589. The highest BCUT2D eigenvalue weighted by Crippen LogP contribution is 2.13. The highest BCUT2D eigenvalue weighted by atomic mass is 16.7. The molecule has 1 heterocycles. The molecule has 0 bridgehead atoms. The standard InChI is InChI=1S/C15H22N4O7/c1-9(15(16)25)18-11(21)8-17-10(20)4-2-3-5-14(24)26-19-12(22)6-7-13(19)23/h9H,2-8H2,1H3,(H2,16,25)(H,17,20)(H,18,21). The maximum atomic E-state index is 11.6. The van der Waals surface area contributed by atoms with Gasteiger partial charge in [-0.15, -0.1) is 5.06 Å². The number of carbonyl (C=O) groups is 6. The van der Waals surface area contributed by atoms with Gasteiger partial charge < -0.3 is 21.2 Å². The van der Waals surface area contributed by atoms with E-state index in [0.717, 1.165) is 0 Å². The highest BCUT2D eigenvalue weighted by Gasteiger charge is 2.32. The van der Waals surface area contributed by atoms with Crippen LogP contribution in [0.5, 0.6) is 0 Å². The Morgan fingerprint density at radius 1 is 1.08 bits per heavy atom. The number of hydrogen-bond donors (Lipinski definition) is 3. The van der Waals surface area contributed by atoms with Crippen LogP contribution in [0.15, 0.2) is 0 Å². The zero-order chi connectivity index (χ0) is 19.7. The third-order valence-electron chi connectivity index (χ3n) is 3.48. The van der Waals surface area contributed by atoms with E-state index >= 15 is 0 Å². The van der Waals surface area contributed by atoms with Crippen LogP contribution < -0.4 is 16.4 Å². The lowest BCUT2D eigenvalue weighted by molar-refractivity contribution is -0.197. The number of hydrogen-bond acceptors (Lipinski definition) is 7. The Balaban J connectivity index is 2.13. The van der Waals surface area contributed by atoms with Crippen LogP contribution in [0.25, 0.3) is 0 Å². The lowest BCUT2D eigenvalue weighted by atomic mass is 10.2. The van der Waals surface area contributed by atoms with E-state index in [4.69, 9.17) is 5.73 Å². The fraction of sp³-hybridized carbons (Fsp3) is 0.600. The molecular weight excluding hydrogens is 348 g/mol. The van der Waals surface area contributed by atoms with Gasteiger partial charge in [0.05, 0.1) is 6.54 Å². The number of nitrogens with zero attached hydrogens (tertiary/aromatic N) is 1. The molecule has 1 aliphatic heterocycles. The first-order valence-corrected chi connectivity index (χ1v) is 8.12. The first-order chi connectivity index (χ1) is 12.2. The van der Waals surface area contributed by atoms with E-state index in [0.29, 0.717) is 17.9 Å². The number of primary amides is 1. The van der Waals surface area contributed by atoms with E-state index in [1.54, 1.807) is 0 Å². The Kier molecular flexibility index (Phi) is 8.19. The molecular formula is C15H22N4O7. The van der Waals surface area contributed by atoms with Crippen molar-refractivity contribution in [3.05, 3.63) is 0 Å². The second-order valence-electron chi connectivity index (χ2n) is 5.72. The van der Waals surface area contributed by atoms with Crippen LogP contribution in [-0.2, 0) is 33.6 Å². The van der Waals surface area contributed by atoms with E-state index in [1.165, 1.54) is 6.92 Å². The van der Waals surface area contributed by atoms with Crippen LogP contribution in [0, 0.1) is 0 Å². The number of rotatable bonds is 10.